The third kappa shape index (κ3) is 3.19. The van der Waals surface area contributed by atoms with Crippen molar-refractivity contribution in [2.24, 2.45) is 0 Å². The van der Waals surface area contributed by atoms with Crippen molar-refractivity contribution in [3.05, 3.63) is 41.5 Å². The number of nitrogens with zero attached hydrogens (tertiary/aromatic N) is 1. The average molecular weight is 341 g/mol. The van der Waals surface area contributed by atoms with Crippen LogP contribution in [0.5, 0.6) is 11.5 Å². The van der Waals surface area contributed by atoms with Crippen molar-refractivity contribution in [1.29, 1.82) is 0 Å². The molecule has 1 N–H and O–H groups in total. The molecule has 1 heterocycles. The summed E-state index contributed by atoms with van der Waals surface area (Å²) >= 11 is 0. The van der Waals surface area contributed by atoms with Gasteiger partial charge in [0.25, 0.3) is 0 Å². The van der Waals surface area contributed by atoms with Crippen molar-refractivity contribution < 1.29 is 14.6 Å². The van der Waals surface area contributed by atoms with Gasteiger partial charge >= 0.3 is 0 Å². The molecule has 0 spiro atoms. The van der Waals surface area contributed by atoms with Crippen LogP contribution >= 0.6 is 0 Å². The second-order valence-corrected chi connectivity index (χ2v) is 6.56. The van der Waals surface area contributed by atoms with Crippen molar-refractivity contribution in [1.82, 2.24) is 0 Å². The van der Waals surface area contributed by atoms with Crippen LogP contribution in [-0.2, 0) is 6.54 Å². The summed E-state index contributed by atoms with van der Waals surface area (Å²) in [6.45, 7) is 5.82. The molecule has 0 bridgehead atoms. The minimum Gasteiger partial charge on any atom is -0.493 e. The predicted octanol–water partition coefficient (Wildman–Crippen LogP) is 4.54. The SMILES string of the molecule is CCCCN1Cc2cc(OC)c(OC)cc2-c2cccc(C(C)O)c21. The van der Waals surface area contributed by atoms with E-state index in [9.17, 15) is 5.11 Å². The van der Waals surface area contributed by atoms with Gasteiger partial charge in [-0.05, 0) is 36.6 Å². The number of benzene rings is 2. The van der Waals surface area contributed by atoms with E-state index < -0.39 is 6.10 Å². The first-order valence-electron chi connectivity index (χ1n) is 8.91. The van der Waals surface area contributed by atoms with Crippen LogP contribution in [0, 0.1) is 0 Å². The van der Waals surface area contributed by atoms with Crippen molar-refractivity contribution in [2.75, 3.05) is 25.7 Å². The molecule has 4 heteroatoms. The Morgan fingerprint density at radius 3 is 2.48 bits per heavy atom. The lowest BCUT2D eigenvalue weighted by molar-refractivity contribution is 0.199. The first-order valence-corrected chi connectivity index (χ1v) is 8.91. The fourth-order valence-electron chi connectivity index (χ4n) is 3.60. The molecule has 1 unspecified atom stereocenters. The highest BCUT2D eigenvalue weighted by Crippen LogP contribution is 2.46. The Bertz CT molecular complexity index is 755. The number of ether oxygens (including phenoxy) is 2. The van der Waals surface area contributed by atoms with E-state index >= 15 is 0 Å². The Morgan fingerprint density at radius 1 is 1.12 bits per heavy atom. The largest absolute Gasteiger partial charge is 0.493 e. The summed E-state index contributed by atoms with van der Waals surface area (Å²) in [6, 6.07) is 10.3. The summed E-state index contributed by atoms with van der Waals surface area (Å²) in [4.78, 5) is 2.38. The molecule has 2 aromatic rings. The molecule has 2 aromatic carbocycles. The van der Waals surface area contributed by atoms with E-state index in [0.29, 0.717) is 0 Å². The van der Waals surface area contributed by atoms with E-state index in [1.165, 1.54) is 5.56 Å². The zero-order valence-corrected chi connectivity index (χ0v) is 15.5. The highest BCUT2D eigenvalue weighted by atomic mass is 16.5. The van der Waals surface area contributed by atoms with Crippen LogP contribution in [0.4, 0.5) is 5.69 Å². The maximum atomic E-state index is 10.3. The van der Waals surface area contributed by atoms with Gasteiger partial charge in [0.2, 0.25) is 0 Å². The third-order valence-corrected chi connectivity index (χ3v) is 4.88. The number of rotatable bonds is 6. The Hall–Kier alpha value is -2.20. The number of para-hydroxylation sites is 1. The van der Waals surface area contributed by atoms with E-state index in [4.69, 9.17) is 9.47 Å². The molecular weight excluding hydrogens is 314 g/mol. The molecule has 0 saturated heterocycles. The quantitative estimate of drug-likeness (QED) is 0.837. The molecule has 0 fully saturated rings. The maximum absolute atomic E-state index is 10.3. The second-order valence-electron chi connectivity index (χ2n) is 6.56. The maximum Gasteiger partial charge on any atom is 0.161 e. The number of hydrogen-bond donors (Lipinski definition) is 1. The van der Waals surface area contributed by atoms with Gasteiger partial charge < -0.3 is 19.5 Å². The van der Waals surface area contributed by atoms with Crippen LogP contribution in [0.25, 0.3) is 11.1 Å². The van der Waals surface area contributed by atoms with Crippen molar-refractivity contribution in [3.8, 4) is 22.6 Å². The molecule has 3 rings (SSSR count). The summed E-state index contributed by atoms with van der Waals surface area (Å²) < 4.78 is 11.0. The molecule has 134 valence electrons. The summed E-state index contributed by atoms with van der Waals surface area (Å²) in [7, 11) is 3.33. The van der Waals surface area contributed by atoms with E-state index in [1.54, 1.807) is 14.2 Å². The monoisotopic (exact) mass is 341 g/mol. The van der Waals surface area contributed by atoms with Crippen LogP contribution in [0.2, 0.25) is 0 Å². The van der Waals surface area contributed by atoms with Crippen LogP contribution in [-0.4, -0.2) is 25.9 Å². The van der Waals surface area contributed by atoms with Gasteiger partial charge in [0, 0.05) is 24.2 Å². The third-order valence-electron chi connectivity index (χ3n) is 4.88. The number of aliphatic hydroxyl groups is 1. The predicted molar refractivity (Wildman–Crippen MR) is 102 cm³/mol. The first kappa shape index (κ1) is 17.6. The van der Waals surface area contributed by atoms with Gasteiger partial charge in [0.1, 0.15) is 0 Å². The highest BCUT2D eigenvalue weighted by molar-refractivity contribution is 5.87. The number of unbranched alkanes of at least 4 members (excludes halogenated alkanes) is 1. The second kappa shape index (κ2) is 7.36. The lowest BCUT2D eigenvalue weighted by Gasteiger charge is -2.35. The molecular formula is C21H27NO3. The Labute approximate surface area is 150 Å². The number of hydrogen-bond acceptors (Lipinski definition) is 4. The fourth-order valence-corrected chi connectivity index (χ4v) is 3.60. The molecule has 0 aliphatic carbocycles. The van der Waals surface area contributed by atoms with Crippen LogP contribution in [0.15, 0.2) is 30.3 Å². The Morgan fingerprint density at radius 2 is 1.84 bits per heavy atom. The topological polar surface area (TPSA) is 41.9 Å². The zero-order valence-electron chi connectivity index (χ0n) is 15.5. The van der Waals surface area contributed by atoms with Crippen molar-refractivity contribution in [2.45, 2.75) is 39.3 Å². The number of anilines is 1. The molecule has 0 aromatic heterocycles. The summed E-state index contributed by atoms with van der Waals surface area (Å²) in [6.07, 6.45) is 1.76. The average Bonchev–Trinajstić information content (AvgIpc) is 2.64. The van der Waals surface area contributed by atoms with Crippen molar-refractivity contribution >= 4 is 5.69 Å². The minimum atomic E-state index is -0.499. The van der Waals surface area contributed by atoms with Gasteiger partial charge in [0.05, 0.1) is 26.0 Å². The van der Waals surface area contributed by atoms with Gasteiger partial charge in [0.15, 0.2) is 11.5 Å². The molecule has 1 aliphatic rings. The molecule has 0 amide bonds. The Balaban J connectivity index is 2.20. The van der Waals surface area contributed by atoms with Gasteiger partial charge in [-0.1, -0.05) is 31.5 Å². The summed E-state index contributed by atoms with van der Waals surface area (Å²) in [5.74, 6) is 1.49. The standard InChI is InChI=1S/C21H27NO3/c1-5-6-10-22-13-15-11-19(24-3)20(25-4)12-18(15)17-9-7-8-16(14(2)23)21(17)22/h7-9,11-12,14,23H,5-6,10,13H2,1-4H3. The van der Waals surface area contributed by atoms with E-state index in [0.717, 1.165) is 59.8 Å². The van der Waals surface area contributed by atoms with Gasteiger partial charge in [-0.3, -0.25) is 0 Å². The zero-order chi connectivity index (χ0) is 18.0. The van der Waals surface area contributed by atoms with Crippen LogP contribution in [0.3, 0.4) is 0 Å². The highest BCUT2D eigenvalue weighted by Gasteiger charge is 2.27. The van der Waals surface area contributed by atoms with E-state index in [1.807, 2.05) is 19.1 Å². The summed E-state index contributed by atoms with van der Waals surface area (Å²) in [5.41, 5.74) is 5.66. The van der Waals surface area contributed by atoms with Crippen molar-refractivity contribution in [3.63, 3.8) is 0 Å². The lowest BCUT2D eigenvalue weighted by Crippen LogP contribution is -2.29. The Kier molecular flexibility index (Phi) is 5.19. The minimum absolute atomic E-state index is 0.499. The van der Waals surface area contributed by atoms with E-state index in [-0.39, 0.29) is 0 Å². The van der Waals surface area contributed by atoms with Crippen LogP contribution in [0.1, 0.15) is 43.9 Å². The lowest BCUT2D eigenvalue weighted by atomic mass is 9.89. The van der Waals surface area contributed by atoms with Gasteiger partial charge in [-0.15, -0.1) is 0 Å². The number of methoxy groups -OCH3 is 2. The molecule has 1 atom stereocenters. The number of aliphatic hydroxyl groups excluding tert-OH is 1. The molecule has 25 heavy (non-hydrogen) atoms. The molecule has 0 saturated carbocycles. The van der Waals surface area contributed by atoms with Gasteiger partial charge in [-0.25, -0.2) is 0 Å². The van der Waals surface area contributed by atoms with Crippen LogP contribution < -0.4 is 14.4 Å². The normalized spacial score (nSPS) is 13.9. The molecule has 0 radical (unpaired) electrons. The first-order chi connectivity index (χ1) is 12.1. The fraction of sp³-hybridized carbons (Fsp3) is 0.429. The number of fused-ring (bicyclic) bond motifs is 3. The smallest absolute Gasteiger partial charge is 0.161 e. The molecule has 1 aliphatic heterocycles. The van der Waals surface area contributed by atoms with E-state index in [2.05, 4.69) is 30.0 Å². The summed E-state index contributed by atoms with van der Waals surface area (Å²) in [5, 5.41) is 10.3. The molecule has 4 nitrogen and oxygen atoms in total. The van der Waals surface area contributed by atoms with Gasteiger partial charge in [-0.2, -0.15) is 0 Å².